The molecule has 0 radical (unpaired) electrons. The molecule has 2 saturated heterocycles. The van der Waals surface area contributed by atoms with E-state index in [0.29, 0.717) is 12.0 Å². The first-order valence-electron chi connectivity index (χ1n) is 10.6. The minimum absolute atomic E-state index is 0.495. The summed E-state index contributed by atoms with van der Waals surface area (Å²) in [7, 11) is 1.99. The van der Waals surface area contributed by atoms with Crippen LogP contribution in [0.1, 0.15) is 38.7 Å². The van der Waals surface area contributed by atoms with Crippen LogP contribution in [0, 0.1) is 0 Å². The lowest BCUT2D eigenvalue weighted by molar-refractivity contribution is 0.109. The van der Waals surface area contributed by atoms with Crippen LogP contribution in [0.25, 0.3) is 0 Å². The molecule has 2 aliphatic heterocycles. The second-order valence-electron chi connectivity index (χ2n) is 7.89. The van der Waals surface area contributed by atoms with E-state index in [2.05, 4.69) is 52.1 Å². The maximum atomic E-state index is 5.00. The summed E-state index contributed by atoms with van der Waals surface area (Å²) in [5.41, 5.74) is 1.35. The first kappa shape index (κ1) is 20.1. The van der Waals surface area contributed by atoms with Gasteiger partial charge in [-0.1, -0.05) is 6.92 Å². The molecule has 0 amide bonds. The molecule has 0 aromatic carbocycles. The molecule has 0 spiro atoms. The van der Waals surface area contributed by atoms with Crippen molar-refractivity contribution in [1.29, 1.82) is 0 Å². The van der Waals surface area contributed by atoms with E-state index in [1.54, 1.807) is 0 Å². The van der Waals surface area contributed by atoms with Crippen molar-refractivity contribution in [2.45, 2.75) is 39.2 Å². The average Bonchev–Trinajstić information content (AvgIpc) is 3.34. The largest absolute Gasteiger partial charge is 0.357 e. The van der Waals surface area contributed by atoms with E-state index >= 15 is 0 Å². The molecule has 0 bridgehead atoms. The van der Waals surface area contributed by atoms with Gasteiger partial charge in [0.2, 0.25) is 0 Å². The fourth-order valence-electron chi connectivity index (χ4n) is 4.16. The average molecular weight is 376 g/mol. The second kappa shape index (κ2) is 9.55. The molecule has 2 atom stereocenters. The number of guanidine groups is 1. The third-order valence-corrected chi connectivity index (χ3v) is 6.00. The van der Waals surface area contributed by atoms with Crippen molar-refractivity contribution in [2.75, 3.05) is 58.9 Å². The lowest BCUT2D eigenvalue weighted by Gasteiger charge is -2.37. The highest BCUT2D eigenvalue weighted by Gasteiger charge is 2.27. The monoisotopic (exact) mass is 375 g/mol. The summed E-state index contributed by atoms with van der Waals surface area (Å²) in [6.45, 7) is 16.4. The van der Waals surface area contributed by atoms with Crippen LogP contribution in [-0.2, 0) is 7.05 Å². The number of hydrogen-bond acceptors (Lipinski definition) is 4. The summed E-state index contributed by atoms with van der Waals surface area (Å²) in [6, 6.07) is 0.495. The van der Waals surface area contributed by atoms with Gasteiger partial charge in [0.15, 0.2) is 5.96 Å². The molecule has 3 heterocycles. The molecule has 0 aliphatic carbocycles. The number of aliphatic imine (C=N–C) groups is 1. The topological polar surface area (TPSA) is 51.9 Å². The SMILES string of the molecule is CCNC(=NCC(C)N1CCN(CC)CC1)N1CCC(c2cnn(C)c2)C1. The minimum atomic E-state index is 0.495. The number of likely N-dealkylation sites (N-methyl/N-ethyl adjacent to an activating group) is 1. The van der Waals surface area contributed by atoms with E-state index in [9.17, 15) is 0 Å². The van der Waals surface area contributed by atoms with E-state index in [1.165, 1.54) is 25.1 Å². The number of hydrogen-bond donors (Lipinski definition) is 1. The van der Waals surface area contributed by atoms with Gasteiger partial charge in [-0.25, -0.2) is 0 Å². The summed E-state index contributed by atoms with van der Waals surface area (Å²) in [5, 5.41) is 7.84. The van der Waals surface area contributed by atoms with Crippen molar-refractivity contribution in [3.8, 4) is 0 Å². The van der Waals surface area contributed by atoms with Gasteiger partial charge in [-0.15, -0.1) is 0 Å². The molecular weight excluding hydrogens is 338 g/mol. The second-order valence-corrected chi connectivity index (χ2v) is 7.89. The molecule has 7 nitrogen and oxygen atoms in total. The molecule has 2 fully saturated rings. The fraction of sp³-hybridized carbons (Fsp3) is 0.800. The van der Waals surface area contributed by atoms with E-state index in [0.717, 1.165) is 51.8 Å². The smallest absolute Gasteiger partial charge is 0.193 e. The van der Waals surface area contributed by atoms with Gasteiger partial charge in [0.25, 0.3) is 0 Å². The Labute approximate surface area is 164 Å². The van der Waals surface area contributed by atoms with Crippen LogP contribution in [0.3, 0.4) is 0 Å². The number of likely N-dealkylation sites (tertiary alicyclic amines) is 1. The minimum Gasteiger partial charge on any atom is -0.357 e. The van der Waals surface area contributed by atoms with Crippen LogP contribution in [0.5, 0.6) is 0 Å². The lowest BCUT2D eigenvalue weighted by atomic mass is 10.0. The van der Waals surface area contributed by atoms with Gasteiger partial charge in [-0.05, 0) is 32.4 Å². The molecule has 7 heteroatoms. The summed E-state index contributed by atoms with van der Waals surface area (Å²) in [4.78, 5) is 12.5. The standard InChI is InChI=1S/C20H37N7/c1-5-21-20(22-13-17(3)26-11-9-25(6-2)10-12-26)27-8-7-18(16-27)19-14-23-24(4)15-19/h14-15,17-18H,5-13,16H2,1-4H3,(H,21,22). The Hall–Kier alpha value is -1.60. The van der Waals surface area contributed by atoms with E-state index < -0.39 is 0 Å². The molecule has 27 heavy (non-hydrogen) atoms. The Bertz CT molecular complexity index is 603. The van der Waals surface area contributed by atoms with Crippen LogP contribution < -0.4 is 5.32 Å². The summed E-state index contributed by atoms with van der Waals surface area (Å²) >= 11 is 0. The van der Waals surface area contributed by atoms with Gasteiger partial charge in [0.05, 0.1) is 12.7 Å². The Balaban J connectivity index is 1.55. The van der Waals surface area contributed by atoms with Crippen LogP contribution in [0.2, 0.25) is 0 Å². The number of aromatic nitrogens is 2. The quantitative estimate of drug-likeness (QED) is 0.598. The fourth-order valence-corrected chi connectivity index (χ4v) is 4.16. The molecule has 2 unspecified atom stereocenters. The summed E-state index contributed by atoms with van der Waals surface area (Å²) in [6.07, 6.45) is 5.33. The highest BCUT2D eigenvalue weighted by atomic mass is 15.3. The predicted octanol–water partition coefficient (Wildman–Crippen LogP) is 1.20. The summed E-state index contributed by atoms with van der Waals surface area (Å²) in [5.74, 6) is 1.63. The Morgan fingerprint density at radius 2 is 2.04 bits per heavy atom. The normalized spacial score (nSPS) is 23.8. The molecule has 2 aliphatic rings. The van der Waals surface area contributed by atoms with Crippen molar-refractivity contribution < 1.29 is 0 Å². The highest BCUT2D eigenvalue weighted by Crippen LogP contribution is 2.26. The Morgan fingerprint density at radius 1 is 1.26 bits per heavy atom. The van der Waals surface area contributed by atoms with Crippen LogP contribution in [-0.4, -0.2) is 95.4 Å². The van der Waals surface area contributed by atoms with Gasteiger partial charge in [0, 0.05) is 71.0 Å². The first-order valence-corrected chi connectivity index (χ1v) is 10.6. The zero-order chi connectivity index (χ0) is 19.2. The Kier molecular flexibility index (Phi) is 7.13. The third kappa shape index (κ3) is 5.23. The maximum Gasteiger partial charge on any atom is 0.193 e. The lowest BCUT2D eigenvalue weighted by Crippen LogP contribution is -2.50. The molecular formula is C20H37N7. The van der Waals surface area contributed by atoms with Gasteiger partial charge in [-0.3, -0.25) is 14.6 Å². The zero-order valence-electron chi connectivity index (χ0n) is 17.6. The molecule has 0 saturated carbocycles. The molecule has 1 N–H and O–H groups in total. The van der Waals surface area contributed by atoms with Crippen molar-refractivity contribution in [3.63, 3.8) is 0 Å². The molecule has 1 aromatic rings. The van der Waals surface area contributed by atoms with Crippen molar-refractivity contribution in [1.82, 2.24) is 29.8 Å². The van der Waals surface area contributed by atoms with Gasteiger partial charge < -0.3 is 15.1 Å². The summed E-state index contributed by atoms with van der Waals surface area (Å²) < 4.78 is 1.90. The van der Waals surface area contributed by atoms with E-state index in [4.69, 9.17) is 4.99 Å². The van der Waals surface area contributed by atoms with Gasteiger partial charge in [0.1, 0.15) is 0 Å². The number of aryl methyl sites for hydroxylation is 1. The van der Waals surface area contributed by atoms with Crippen LogP contribution >= 0.6 is 0 Å². The van der Waals surface area contributed by atoms with Crippen molar-refractivity contribution >= 4 is 5.96 Å². The molecule has 1 aromatic heterocycles. The first-order chi connectivity index (χ1) is 13.1. The predicted molar refractivity (Wildman–Crippen MR) is 111 cm³/mol. The van der Waals surface area contributed by atoms with Crippen molar-refractivity contribution in [2.24, 2.45) is 12.0 Å². The number of nitrogens with zero attached hydrogens (tertiary/aromatic N) is 6. The molecule has 152 valence electrons. The third-order valence-electron chi connectivity index (χ3n) is 6.00. The maximum absolute atomic E-state index is 5.00. The van der Waals surface area contributed by atoms with Crippen molar-refractivity contribution in [3.05, 3.63) is 18.0 Å². The number of piperazine rings is 1. The number of nitrogens with one attached hydrogen (secondary N) is 1. The molecule has 3 rings (SSSR count). The van der Waals surface area contributed by atoms with Gasteiger partial charge in [-0.2, -0.15) is 5.10 Å². The van der Waals surface area contributed by atoms with E-state index in [-0.39, 0.29) is 0 Å². The number of rotatable bonds is 6. The van der Waals surface area contributed by atoms with Crippen LogP contribution in [0.15, 0.2) is 17.4 Å². The van der Waals surface area contributed by atoms with Gasteiger partial charge >= 0.3 is 0 Å². The zero-order valence-corrected chi connectivity index (χ0v) is 17.6. The Morgan fingerprint density at radius 3 is 2.67 bits per heavy atom. The van der Waals surface area contributed by atoms with Crippen LogP contribution in [0.4, 0.5) is 0 Å². The van der Waals surface area contributed by atoms with E-state index in [1.807, 2.05) is 17.9 Å². The highest BCUT2D eigenvalue weighted by molar-refractivity contribution is 5.80.